The van der Waals surface area contributed by atoms with Crippen LogP contribution in [0.25, 0.3) is 0 Å². The van der Waals surface area contributed by atoms with Crippen LogP contribution in [-0.4, -0.2) is 10.1 Å². The Balaban J connectivity index is 2.65. The van der Waals surface area contributed by atoms with Crippen molar-refractivity contribution in [2.24, 2.45) is 0 Å². The number of hydrogen-bond acceptors (Lipinski definition) is 4. The number of ether oxygens (including phenoxy) is 1. The van der Waals surface area contributed by atoms with Gasteiger partial charge in [0, 0.05) is 12.2 Å². The molecule has 0 aliphatic heterocycles. The lowest BCUT2D eigenvalue weighted by molar-refractivity contribution is -0.362. The second-order valence-corrected chi connectivity index (χ2v) is 2.29. The minimum atomic E-state index is -0.748. The number of para-hydroxylation sites is 1. The Kier molecular flexibility index (Phi) is 2.71. The van der Waals surface area contributed by atoms with Gasteiger partial charge in [0.05, 0.1) is 0 Å². The van der Waals surface area contributed by atoms with Gasteiger partial charge in [0.1, 0.15) is 10.7 Å². The summed E-state index contributed by atoms with van der Waals surface area (Å²) < 4.78 is 4.71. The first-order chi connectivity index (χ1) is 5.70. The quantitative estimate of drug-likeness (QED) is 0.377. The van der Waals surface area contributed by atoms with Crippen LogP contribution in [0.1, 0.15) is 0 Å². The minimum absolute atomic E-state index is 0.374. The molecule has 0 heterocycles. The Hall–Kier alpha value is -1.49. The normalized spacial score (nSPS) is 9.00. The van der Waals surface area contributed by atoms with E-state index in [-0.39, 0.29) is 0 Å². The van der Waals surface area contributed by atoms with Crippen LogP contribution in [0.3, 0.4) is 0 Å². The van der Waals surface area contributed by atoms with E-state index in [9.17, 15) is 10.1 Å². The highest BCUT2D eigenvalue weighted by Crippen LogP contribution is 2.08. The van der Waals surface area contributed by atoms with Crippen molar-refractivity contribution >= 4 is 17.4 Å². The Morgan fingerprint density at radius 1 is 1.42 bits per heavy atom. The standard InChI is InChI=1S/C7H5NO3S/c9-8(10)7(12)11-6-4-2-1-3-5-6/h1-5H. The van der Waals surface area contributed by atoms with Gasteiger partial charge in [-0.2, -0.15) is 0 Å². The van der Waals surface area contributed by atoms with E-state index in [1.807, 2.05) is 0 Å². The Morgan fingerprint density at radius 2 is 2.00 bits per heavy atom. The summed E-state index contributed by atoms with van der Waals surface area (Å²) in [6.07, 6.45) is 0. The zero-order valence-corrected chi connectivity index (χ0v) is 6.78. The molecule has 1 aromatic carbocycles. The van der Waals surface area contributed by atoms with Crippen LogP contribution in [-0.2, 0) is 0 Å². The number of nitrogens with zero attached hydrogens (tertiary/aromatic N) is 1. The van der Waals surface area contributed by atoms with Crippen LogP contribution in [0.4, 0.5) is 0 Å². The maximum atomic E-state index is 10.0. The molecule has 0 spiro atoms. The molecule has 0 amide bonds. The second kappa shape index (κ2) is 3.77. The summed E-state index contributed by atoms with van der Waals surface area (Å²) >= 11 is 4.34. The molecule has 0 N–H and O–H groups in total. The molecule has 0 unspecified atom stereocenters. The van der Waals surface area contributed by atoms with E-state index in [4.69, 9.17) is 4.74 Å². The molecule has 1 rings (SSSR count). The minimum Gasteiger partial charge on any atom is -0.392 e. The Labute approximate surface area is 73.9 Å². The van der Waals surface area contributed by atoms with E-state index in [1.165, 1.54) is 0 Å². The third kappa shape index (κ3) is 2.28. The number of benzene rings is 1. The first kappa shape index (κ1) is 8.61. The first-order valence-electron chi connectivity index (χ1n) is 3.11. The molecule has 0 saturated heterocycles. The van der Waals surface area contributed by atoms with Crippen LogP contribution in [0.15, 0.2) is 30.3 Å². The van der Waals surface area contributed by atoms with Crippen LogP contribution >= 0.6 is 12.2 Å². The fraction of sp³-hybridized carbons (Fsp3) is 0. The van der Waals surface area contributed by atoms with Crippen molar-refractivity contribution in [2.75, 3.05) is 0 Å². The van der Waals surface area contributed by atoms with Gasteiger partial charge in [-0.25, -0.2) is 0 Å². The summed E-state index contributed by atoms with van der Waals surface area (Å²) in [7, 11) is 0. The summed E-state index contributed by atoms with van der Waals surface area (Å²) in [5.74, 6) is 0.374. The van der Waals surface area contributed by atoms with Crippen LogP contribution < -0.4 is 4.74 Å². The molecular formula is C7H5NO3S. The molecule has 0 atom stereocenters. The zero-order valence-electron chi connectivity index (χ0n) is 5.97. The number of thiocarbonyl (C=S) groups is 1. The van der Waals surface area contributed by atoms with Gasteiger partial charge in [0.15, 0.2) is 0 Å². The van der Waals surface area contributed by atoms with E-state index in [0.29, 0.717) is 5.75 Å². The highest BCUT2D eigenvalue weighted by molar-refractivity contribution is 7.79. The van der Waals surface area contributed by atoms with Crippen molar-refractivity contribution in [3.05, 3.63) is 40.4 Å². The summed E-state index contributed by atoms with van der Waals surface area (Å²) in [6.45, 7) is 0. The third-order valence-electron chi connectivity index (χ3n) is 1.10. The van der Waals surface area contributed by atoms with E-state index in [2.05, 4.69) is 12.2 Å². The van der Waals surface area contributed by atoms with Crippen LogP contribution in [0, 0.1) is 10.1 Å². The fourth-order valence-electron chi connectivity index (χ4n) is 0.627. The monoisotopic (exact) mass is 183 g/mol. The van der Waals surface area contributed by atoms with Crippen LogP contribution in [0.5, 0.6) is 5.75 Å². The molecule has 0 aliphatic rings. The van der Waals surface area contributed by atoms with Crippen LogP contribution in [0.2, 0.25) is 0 Å². The molecule has 1 aromatic rings. The van der Waals surface area contributed by atoms with Gasteiger partial charge in [-0.3, -0.25) is 10.1 Å². The lowest BCUT2D eigenvalue weighted by atomic mass is 10.3. The molecule has 4 nitrogen and oxygen atoms in total. The van der Waals surface area contributed by atoms with E-state index in [0.717, 1.165) is 0 Å². The fourth-order valence-corrected chi connectivity index (χ4v) is 0.723. The van der Waals surface area contributed by atoms with Gasteiger partial charge >= 0.3 is 5.17 Å². The van der Waals surface area contributed by atoms with Crippen molar-refractivity contribution in [3.8, 4) is 5.75 Å². The van der Waals surface area contributed by atoms with Gasteiger partial charge in [0.2, 0.25) is 0 Å². The maximum Gasteiger partial charge on any atom is 0.505 e. The maximum absolute atomic E-state index is 10.0. The molecule has 0 radical (unpaired) electrons. The number of nitro groups is 1. The largest absolute Gasteiger partial charge is 0.505 e. The summed E-state index contributed by atoms with van der Waals surface area (Å²) in [5.41, 5.74) is 0. The third-order valence-corrected chi connectivity index (χ3v) is 1.33. The number of rotatable bonds is 1. The molecule has 0 fully saturated rings. The predicted molar refractivity (Wildman–Crippen MR) is 46.7 cm³/mol. The lowest BCUT2D eigenvalue weighted by Gasteiger charge is -1.97. The molecule has 5 heteroatoms. The Morgan fingerprint density at radius 3 is 2.50 bits per heavy atom. The molecular weight excluding hydrogens is 178 g/mol. The highest BCUT2D eigenvalue weighted by Gasteiger charge is 2.10. The second-order valence-electron chi connectivity index (χ2n) is 1.94. The summed E-state index contributed by atoms with van der Waals surface area (Å²) in [6, 6.07) is 8.38. The van der Waals surface area contributed by atoms with Crippen molar-refractivity contribution in [3.63, 3.8) is 0 Å². The van der Waals surface area contributed by atoms with Gasteiger partial charge in [0.25, 0.3) is 0 Å². The zero-order chi connectivity index (χ0) is 8.97. The molecule has 0 bridgehead atoms. The topological polar surface area (TPSA) is 52.4 Å². The van der Waals surface area contributed by atoms with Crippen molar-refractivity contribution in [1.82, 2.24) is 0 Å². The lowest BCUT2D eigenvalue weighted by Crippen LogP contribution is -2.15. The molecule has 0 saturated carbocycles. The van der Waals surface area contributed by atoms with Crippen molar-refractivity contribution < 1.29 is 9.66 Å². The SMILES string of the molecule is O=[N+]([O-])C(=S)Oc1ccccc1. The van der Waals surface area contributed by atoms with Gasteiger partial charge < -0.3 is 4.74 Å². The molecule has 0 aliphatic carbocycles. The van der Waals surface area contributed by atoms with Gasteiger partial charge in [-0.15, -0.1) is 0 Å². The average Bonchev–Trinajstić information content (AvgIpc) is 2.06. The molecule has 0 aromatic heterocycles. The van der Waals surface area contributed by atoms with Crippen molar-refractivity contribution in [1.29, 1.82) is 0 Å². The smallest absolute Gasteiger partial charge is 0.392 e. The highest BCUT2D eigenvalue weighted by atomic mass is 32.1. The summed E-state index contributed by atoms with van der Waals surface area (Å²) in [5, 5.41) is 9.41. The van der Waals surface area contributed by atoms with Gasteiger partial charge in [-0.1, -0.05) is 18.2 Å². The first-order valence-corrected chi connectivity index (χ1v) is 3.52. The van der Waals surface area contributed by atoms with E-state index in [1.54, 1.807) is 30.3 Å². The predicted octanol–water partition coefficient (Wildman–Crippen LogP) is 1.63. The number of hydrogen-bond donors (Lipinski definition) is 0. The van der Waals surface area contributed by atoms with E-state index >= 15 is 0 Å². The Bertz CT molecular complexity index is 299. The summed E-state index contributed by atoms with van der Waals surface area (Å²) in [4.78, 5) is 9.30. The van der Waals surface area contributed by atoms with Gasteiger partial charge in [-0.05, 0) is 12.1 Å². The molecule has 62 valence electrons. The average molecular weight is 183 g/mol. The van der Waals surface area contributed by atoms with E-state index < -0.39 is 10.1 Å². The molecule has 12 heavy (non-hydrogen) atoms. The van der Waals surface area contributed by atoms with Crippen molar-refractivity contribution in [2.45, 2.75) is 0 Å².